The van der Waals surface area contributed by atoms with E-state index in [1.165, 1.54) is 0 Å². The van der Waals surface area contributed by atoms with Gasteiger partial charge >= 0.3 is 0 Å². The summed E-state index contributed by atoms with van der Waals surface area (Å²) in [5, 5.41) is 3.35. The van der Waals surface area contributed by atoms with Crippen molar-refractivity contribution < 1.29 is 4.79 Å². The van der Waals surface area contributed by atoms with Gasteiger partial charge in [-0.15, -0.1) is 0 Å². The number of azide groups is 1. The summed E-state index contributed by atoms with van der Waals surface area (Å²) in [6.45, 7) is 3.53. The summed E-state index contributed by atoms with van der Waals surface area (Å²) in [7, 11) is 0. The van der Waals surface area contributed by atoms with Crippen LogP contribution >= 0.6 is 0 Å². The molecule has 0 N–H and O–H groups in total. The maximum Gasteiger partial charge on any atom is 0.171 e. The van der Waals surface area contributed by atoms with E-state index in [4.69, 9.17) is 5.53 Å². The van der Waals surface area contributed by atoms with Gasteiger partial charge in [0.1, 0.15) is 0 Å². The SMILES string of the molecule is Cc1ccc(C(=O)C(C)N=[N+]=[N-])cc1. The fourth-order valence-electron chi connectivity index (χ4n) is 1.09. The predicted octanol–water partition coefficient (Wildman–Crippen LogP) is 2.88. The molecular weight excluding hydrogens is 178 g/mol. The zero-order chi connectivity index (χ0) is 10.6. The van der Waals surface area contributed by atoms with Crippen LogP contribution in [-0.4, -0.2) is 11.8 Å². The van der Waals surface area contributed by atoms with Gasteiger partial charge in [-0.3, -0.25) is 4.79 Å². The molecule has 0 radical (unpaired) electrons. The average molecular weight is 189 g/mol. The summed E-state index contributed by atoms with van der Waals surface area (Å²) in [5.74, 6) is -0.150. The summed E-state index contributed by atoms with van der Waals surface area (Å²) in [5.41, 5.74) is 9.86. The summed E-state index contributed by atoms with van der Waals surface area (Å²) >= 11 is 0. The number of carbonyl (C=O) groups excluding carboxylic acids is 1. The monoisotopic (exact) mass is 189 g/mol. The quantitative estimate of drug-likeness (QED) is 0.312. The lowest BCUT2D eigenvalue weighted by molar-refractivity contribution is 0.0968. The molecule has 1 aromatic carbocycles. The van der Waals surface area contributed by atoms with Crippen molar-refractivity contribution in [2.75, 3.05) is 0 Å². The number of hydrogen-bond donors (Lipinski definition) is 0. The van der Waals surface area contributed by atoms with E-state index in [1.54, 1.807) is 19.1 Å². The molecule has 0 amide bonds. The van der Waals surface area contributed by atoms with Gasteiger partial charge in [-0.2, -0.15) is 0 Å². The number of hydrogen-bond acceptors (Lipinski definition) is 2. The molecule has 0 aliphatic heterocycles. The van der Waals surface area contributed by atoms with Gasteiger partial charge in [-0.1, -0.05) is 34.9 Å². The second-order valence-electron chi connectivity index (χ2n) is 3.11. The molecule has 0 saturated heterocycles. The van der Waals surface area contributed by atoms with Crippen LogP contribution in [0.4, 0.5) is 0 Å². The Balaban J connectivity index is 2.89. The fraction of sp³-hybridized carbons (Fsp3) is 0.300. The van der Waals surface area contributed by atoms with Crippen LogP contribution < -0.4 is 0 Å². The van der Waals surface area contributed by atoms with Gasteiger partial charge in [0, 0.05) is 10.5 Å². The number of nitrogens with zero attached hydrogens (tertiary/aromatic N) is 3. The zero-order valence-corrected chi connectivity index (χ0v) is 8.14. The van der Waals surface area contributed by atoms with Gasteiger partial charge in [0.25, 0.3) is 0 Å². The molecule has 4 nitrogen and oxygen atoms in total. The average Bonchev–Trinajstić information content (AvgIpc) is 2.18. The third-order valence-electron chi connectivity index (χ3n) is 1.94. The molecule has 0 saturated carbocycles. The lowest BCUT2D eigenvalue weighted by Crippen LogP contribution is -2.13. The first-order valence-electron chi connectivity index (χ1n) is 4.30. The van der Waals surface area contributed by atoms with Crippen LogP contribution in [0.5, 0.6) is 0 Å². The van der Waals surface area contributed by atoms with Crippen molar-refractivity contribution in [1.29, 1.82) is 0 Å². The minimum absolute atomic E-state index is 0.150. The van der Waals surface area contributed by atoms with Crippen LogP contribution in [0.2, 0.25) is 0 Å². The Morgan fingerprint density at radius 1 is 1.43 bits per heavy atom. The van der Waals surface area contributed by atoms with E-state index in [0.29, 0.717) is 5.56 Å². The third-order valence-corrected chi connectivity index (χ3v) is 1.94. The minimum atomic E-state index is -0.636. The number of rotatable bonds is 3. The molecule has 0 bridgehead atoms. The third kappa shape index (κ3) is 2.34. The Bertz CT molecular complexity index is 377. The predicted molar refractivity (Wildman–Crippen MR) is 54.1 cm³/mol. The number of ketones is 1. The van der Waals surface area contributed by atoms with Crippen molar-refractivity contribution in [3.63, 3.8) is 0 Å². The number of Topliss-reactive ketones (excluding diaryl/α,β-unsaturated/α-hetero) is 1. The largest absolute Gasteiger partial charge is 0.294 e. The topological polar surface area (TPSA) is 65.8 Å². The number of carbonyl (C=O) groups is 1. The maximum atomic E-state index is 11.6. The Hall–Kier alpha value is -1.80. The molecule has 72 valence electrons. The van der Waals surface area contributed by atoms with E-state index in [2.05, 4.69) is 10.0 Å². The van der Waals surface area contributed by atoms with E-state index >= 15 is 0 Å². The van der Waals surface area contributed by atoms with Crippen LogP contribution in [0.25, 0.3) is 10.4 Å². The molecule has 0 heterocycles. The van der Waals surface area contributed by atoms with Crippen molar-refractivity contribution in [1.82, 2.24) is 0 Å². The summed E-state index contributed by atoms with van der Waals surface area (Å²) in [6.07, 6.45) is 0. The molecule has 0 fully saturated rings. The van der Waals surface area contributed by atoms with Gasteiger partial charge in [0.05, 0.1) is 6.04 Å². The number of aryl methyl sites for hydroxylation is 1. The van der Waals surface area contributed by atoms with Crippen molar-refractivity contribution in [3.05, 3.63) is 45.8 Å². The van der Waals surface area contributed by atoms with Gasteiger partial charge < -0.3 is 0 Å². The van der Waals surface area contributed by atoms with Crippen LogP contribution in [0, 0.1) is 6.92 Å². The van der Waals surface area contributed by atoms with Crippen molar-refractivity contribution in [2.45, 2.75) is 19.9 Å². The van der Waals surface area contributed by atoms with Crippen LogP contribution in [0.3, 0.4) is 0 Å². The number of benzene rings is 1. The second kappa shape index (κ2) is 4.44. The van der Waals surface area contributed by atoms with Gasteiger partial charge in [0.15, 0.2) is 5.78 Å². The van der Waals surface area contributed by atoms with E-state index in [1.807, 2.05) is 19.1 Å². The van der Waals surface area contributed by atoms with Crippen molar-refractivity contribution in [2.24, 2.45) is 5.11 Å². The Labute approximate surface area is 82.2 Å². The highest BCUT2D eigenvalue weighted by atomic mass is 16.1. The summed E-state index contributed by atoms with van der Waals surface area (Å²) in [6, 6.07) is 6.55. The van der Waals surface area contributed by atoms with E-state index in [9.17, 15) is 4.79 Å². The molecule has 0 aliphatic rings. The Morgan fingerprint density at radius 3 is 2.50 bits per heavy atom. The second-order valence-corrected chi connectivity index (χ2v) is 3.11. The first-order valence-corrected chi connectivity index (χ1v) is 4.30. The van der Waals surface area contributed by atoms with Gasteiger partial charge in [0.2, 0.25) is 0 Å². The summed E-state index contributed by atoms with van der Waals surface area (Å²) in [4.78, 5) is 14.2. The highest BCUT2D eigenvalue weighted by Gasteiger charge is 2.12. The van der Waals surface area contributed by atoms with E-state index < -0.39 is 6.04 Å². The normalized spacial score (nSPS) is 11.6. The minimum Gasteiger partial charge on any atom is -0.294 e. The molecule has 1 rings (SSSR count). The molecule has 4 heteroatoms. The molecule has 0 spiro atoms. The highest BCUT2D eigenvalue weighted by molar-refractivity contribution is 5.99. The molecule has 1 aromatic rings. The molecule has 0 aromatic heterocycles. The summed E-state index contributed by atoms with van der Waals surface area (Å²) < 4.78 is 0. The Kier molecular flexibility index (Phi) is 3.26. The van der Waals surface area contributed by atoms with Crippen LogP contribution in [0.1, 0.15) is 22.8 Å². The molecular formula is C10H11N3O. The van der Waals surface area contributed by atoms with E-state index in [0.717, 1.165) is 5.56 Å². The molecule has 1 unspecified atom stereocenters. The lowest BCUT2D eigenvalue weighted by atomic mass is 10.0. The fourth-order valence-corrected chi connectivity index (χ4v) is 1.09. The lowest BCUT2D eigenvalue weighted by Gasteiger charge is -2.03. The van der Waals surface area contributed by atoms with Crippen molar-refractivity contribution >= 4 is 5.78 Å². The van der Waals surface area contributed by atoms with Crippen molar-refractivity contribution in [3.8, 4) is 0 Å². The molecule has 1 atom stereocenters. The Morgan fingerprint density at radius 2 is 2.00 bits per heavy atom. The molecule has 14 heavy (non-hydrogen) atoms. The zero-order valence-electron chi connectivity index (χ0n) is 8.14. The first kappa shape index (κ1) is 10.3. The van der Waals surface area contributed by atoms with Gasteiger partial charge in [-0.25, -0.2) is 0 Å². The highest BCUT2D eigenvalue weighted by Crippen LogP contribution is 2.08. The molecule has 0 aliphatic carbocycles. The first-order chi connectivity index (χ1) is 6.65. The maximum absolute atomic E-state index is 11.6. The van der Waals surface area contributed by atoms with Crippen LogP contribution in [-0.2, 0) is 0 Å². The van der Waals surface area contributed by atoms with Crippen LogP contribution in [0.15, 0.2) is 29.4 Å². The smallest absolute Gasteiger partial charge is 0.171 e. The van der Waals surface area contributed by atoms with E-state index in [-0.39, 0.29) is 5.78 Å². The van der Waals surface area contributed by atoms with Gasteiger partial charge in [-0.05, 0) is 19.4 Å². The standard InChI is InChI=1S/C10H11N3O/c1-7-3-5-9(6-4-7)10(14)8(2)12-13-11/h3-6,8H,1-2H3.